The van der Waals surface area contributed by atoms with Gasteiger partial charge >= 0.3 is 0 Å². The number of pyridine rings is 1. The van der Waals surface area contributed by atoms with Crippen molar-refractivity contribution in [1.29, 1.82) is 0 Å². The van der Waals surface area contributed by atoms with Gasteiger partial charge in [-0.05, 0) is 49.1 Å². The molecule has 2 nitrogen and oxygen atoms in total. The van der Waals surface area contributed by atoms with E-state index in [9.17, 15) is 4.79 Å². The predicted molar refractivity (Wildman–Crippen MR) is 70.6 cm³/mol. The lowest BCUT2D eigenvalue weighted by molar-refractivity contribution is 0.103. The summed E-state index contributed by atoms with van der Waals surface area (Å²) in [6.45, 7) is 1.92. The molecule has 1 heterocycles. The van der Waals surface area contributed by atoms with Crippen LogP contribution in [0.3, 0.4) is 0 Å². The van der Waals surface area contributed by atoms with Gasteiger partial charge in [0, 0.05) is 28.4 Å². The first-order chi connectivity index (χ1) is 8.22. The predicted octanol–water partition coefficient (Wildman–Crippen LogP) is 3.34. The number of nitrogens with zero attached hydrogens (tertiary/aromatic N) is 1. The molecular weight excluding hydrogens is 230 g/mol. The van der Waals surface area contributed by atoms with Crippen LogP contribution in [0.2, 0.25) is 0 Å². The topological polar surface area (TPSA) is 30.0 Å². The number of benzene rings is 1. The van der Waals surface area contributed by atoms with Crippen LogP contribution in [-0.2, 0) is 0 Å². The minimum absolute atomic E-state index is 0.0308. The van der Waals surface area contributed by atoms with E-state index < -0.39 is 0 Å². The summed E-state index contributed by atoms with van der Waals surface area (Å²) in [6, 6.07) is 9.50. The molecule has 0 atom stereocenters. The fraction of sp³-hybridized carbons (Fsp3) is 0.143. The van der Waals surface area contributed by atoms with E-state index in [1.807, 2.05) is 43.5 Å². The Balaban J connectivity index is 2.34. The molecule has 0 saturated carbocycles. The van der Waals surface area contributed by atoms with Gasteiger partial charge in [-0.2, -0.15) is 0 Å². The second-order valence-corrected chi connectivity index (χ2v) is 4.63. The number of carbonyl (C=O) groups is 1. The summed E-state index contributed by atoms with van der Waals surface area (Å²) in [6.07, 6.45) is 5.34. The van der Waals surface area contributed by atoms with Gasteiger partial charge in [0.15, 0.2) is 5.78 Å². The number of carbonyl (C=O) groups excluding carboxylic acids is 1. The number of ketones is 1. The number of aromatic nitrogens is 1. The van der Waals surface area contributed by atoms with Crippen LogP contribution in [0.4, 0.5) is 0 Å². The Morgan fingerprint density at radius 1 is 1.18 bits per heavy atom. The fourth-order valence-corrected chi connectivity index (χ4v) is 2.01. The maximum absolute atomic E-state index is 12.2. The molecule has 1 aromatic carbocycles. The molecule has 0 unspecified atom stereocenters. The summed E-state index contributed by atoms with van der Waals surface area (Å²) in [7, 11) is 0. The maximum atomic E-state index is 12.2. The highest BCUT2D eigenvalue weighted by Gasteiger charge is 2.11. The van der Waals surface area contributed by atoms with Crippen LogP contribution in [0.15, 0.2) is 47.6 Å². The van der Waals surface area contributed by atoms with Crippen molar-refractivity contribution in [3.63, 3.8) is 0 Å². The van der Waals surface area contributed by atoms with E-state index in [1.165, 1.54) is 0 Å². The van der Waals surface area contributed by atoms with Gasteiger partial charge in [0.2, 0.25) is 0 Å². The monoisotopic (exact) mass is 243 g/mol. The van der Waals surface area contributed by atoms with Gasteiger partial charge in [-0.25, -0.2) is 0 Å². The Kier molecular flexibility index (Phi) is 3.59. The average molecular weight is 243 g/mol. The first-order valence-corrected chi connectivity index (χ1v) is 6.54. The van der Waals surface area contributed by atoms with E-state index in [1.54, 1.807) is 24.2 Å². The van der Waals surface area contributed by atoms with Gasteiger partial charge < -0.3 is 0 Å². The van der Waals surface area contributed by atoms with Crippen molar-refractivity contribution in [2.45, 2.75) is 11.8 Å². The highest BCUT2D eigenvalue weighted by molar-refractivity contribution is 7.98. The highest BCUT2D eigenvalue weighted by Crippen LogP contribution is 2.18. The average Bonchev–Trinajstić information content (AvgIpc) is 2.39. The number of thioether (sulfide) groups is 1. The van der Waals surface area contributed by atoms with Crippen molar-refractivity contribution in [3.05, 3.63) is 59.4 Å². The normalized spacial score (nSPS) is 10.2. The Morgan fingerprint density at radius 2 is 1.88 bits per heavy atom. The first kappa shape index (κ1) is 11.9. The Hall–Kier alpha value is -1.61. The highest BCUT2D eigenvalue weighted by atomic mass is 32.2. The summed E-state index contributed by atoms with van der Waals surface area (Å²) in [5.74, 6) is 0.0308. The molecule has 0 aliphatic rings. The zero-order valence-corrected chi connectivity index (χ0v) is 10.6. The quantitative estimate of drug-likeness (QED) is 0.611. The zero-order valence-electron chi connectivity index (χ0n) is 9.81. The van der Waals surface area contributed by atoms with Gasteiger partial charge in [0.1, 0.15) is 0 Å². The molecule has 86 valence electrons. The van der Waals surface area contributed by atoms with Gasteiger partial charge in [-0.15, -0.1) is 11.8 Å². The molecule has 0 aliphatic carbocycles. The van der Waals surface area contributed by atoms with Crippen molar-refractivity contribution in [1.82, 2.24) is 4.98 Å². The lowest BCUT2D eigenvalue weighted by Gasteiger charge is -2.04. The van der Waals surface area contributed by atoms with Gasteiger partial charge in [0.05, 0.1) is 0 Å². The number of hydrogen-bond donors (Lipinski definition) is 0. The molecule has 3 heteroatoms. The minimum atomic E-state index is 0.0308. The van der Waals surface area contributed by atoms with E-state index in [4.69, 9.17) is 0 Å². The van der Waals surface area contributed by atoms with E-state index in [0.717, 1.165) is 10.5 Å². The lowest BCUT2D eigenvalue weighted by atomic mass is 10.0. The van der Waals surface area contributed by atoms with Crippen molar-refractivity contribution >= 4 is 17.5 Å². The summed E-state index contributed by atoms with van der Waals surface area (Å²) >= 11 is 1.66. The molecule has 0 N–H and O–H groups in total. The lowest BCUT2D eigenvalue weighted by Crippen LogP contribution is -2.03. The van der Waals surface area contributed by atoms with E-state index >= 15 is 0 Å². The molecule has 2 aromatic rings. The summed E-state index contributed by atoms with van der Waals surface area (Å²) < 4.78 is 0. The fourth-order valence-electron chi connectivity index (χ4n) is 1.60. The third-order valence-electron chi connectivity index (χ3n) is 2.64. The Labute approximate surface area is 105 Å². The van der Waals surface area contributed by atoms with E-state index in [2.05, 4.69) is 4.98 Å². The number of rotatable bonds is 3. The molecule has 0 fully saturated rings. The summed E-state index contributed by atoms with van der Waals surface area (Å²) in [5.41, 5.74) is 2.34. The molecule has 0 amide bonds. The van der Waals surface area contributed by atoms with Gasteiger partial charge in [0.25, 0.3) is 0 Å². The third-order valence-corrected chi connectivity index (χ3v) is 3.38. The largest absolute Gasteiger partial charge is 0.289 e. The van der Waals surface area contributed by atoms with Gasteiger partial charge in [-0.3, -0.25) is 9.78 Å². The Bertz CT molecular complexity index is 534. The molecule has 1 aromatic heterocycles. The van der Waals surface area contributed by atoms with Crippen molar-refractivity contribution in [2.24, 2.45) is 0 Å². The molecule has 0 spiro atoms. The Morgan fingerprint density at radius 3 is 2.47 bits per heavy atom. The van der Waals surface area contributed by atoms with E-state index in [-0.39, 0.29) is 5.78 Å². The summed E-state index contributed by atoms with van der Waals surface area (Å²) in [5, 5.41) is 0. The standard InChI is InChI=1S/C14H13NOS/c1-10-7-8-15-9-13(10)14(16)11-3-5-12(17-2)6-4-11/h3-9H,1-2H3. The SMILES string of the molecule is CSc1ccc(C(=O)c2cnccc2C)cc1. The minimum Gasteiger partial charge on any atom is -0.289 e. The first-order valence-electron chi connectivity index (χ1n) is 5.31. The molecular formula is C14H13NOS. The molecule has 0 aliphatic heterocycles. The van der Waals surface area contributed by atoms with Gasteiger partial charge in [-0.1, -0.05) is 0 Å². The van der Waals surface area contributed by atoms with Crippen LogP contribution in [0.1, 0.15) is 21.5 Å². The summed E-state index contributed by atoms with van der Waals surface area (Å²) in [4.78, 5) is 17.4. The number of aryl methyl sites for hydroxylation is 1. The number of hydrogen-bond acceptors (Lipinski definition) is 3. The molecule has 17 heavy (non-hydrogen) atoms. The van der Waals surface area contributed by atoms with Crippen LogP contribution in [0.25, 0.3) is 0 Å². The molecule has 2 rings (SSSR count). The molecule has 0 bridgehead atoms. The van der Waals surface area contributed by atoms with Crippen LogP contribution < -0.4 is 0 Å². The van der Waals surface area contributed by atoms with Crippen LogP contribution >= 0.6 is 11.8 Å². The molecule has 0 saturated heterocycles. The van der Waals surface area contributed by atoms with Crippen LogP contribution in [-0.4, -0.2) is 17.0 Å². The smallest absolute Gasteiger partial charge is 0.194 e. The third kappa shape index (κ3) is 2.56. The van der Waals surface area contributed by atoms with Crippen molar-refractivity contribution < 1.29 is 4.79 Å². The molecule has 0 radical (unpaired) electrons. The zero-order chi connectivity index (χ0) is 12.3. The second-order valence-electron chi connectivity index (χ2n) is 3.75. The van der Waals surface area contributed by atoms with E-state index in [0.29, 0.717) is 11.1 Å². The second kappa shape index (κ2) is 5.15. The maximum Gasteiger partial charge on any atom is 0.194 e. The van der Waals surface area contributed by atoms with Crippen LogP contribution in [0.5, 0.6) is 0 Å². The van der Waals surface area contributed by atoms with Crippen LogP contribution in [0, 0.1) is 6.92 Å². The van der Waals surface area contributed by atoms with Crippen molar-refractivity contribution in [3.8, 4) is 0 Å². The van der Waals surface area contributed by atoms with Crippen molar-refractivity contribution in [2.75, 3.05) is 6.26 Å².